The van der Waals surface area contributed by atoms with Crippen LogP contribution in [0.5, 0.6) is 0 Å². The average molecular weight is 295 g/mol. The van der Waals surface area contributed by atoms with Gasteiger partial charge < -0.3 is 10.8 Å². The van der Waals surface area contributed by atoms with Crippen molar-refractivity contribution in [3.63, 3.8) is 0 Å². The van der Waals surface area contributed by atoms with E-state index in [9.17, 15) is 18.3 Å². The molecule has 0 spiro atoms. The van der Waals surface area contributed by atoms with E-state index in [0.717, 1.165) is 6.07 Å². The van der Waals surface area contributed by atoms with E-state index in [4.69, 9.17) is 17.3 Å². The summed E-state index contributed by atoms with van der Waals surface area (Å²) in [5, 5.41) is 10.2. The van der Waals surface area contributed by atoms with Crippen molar-refractivity contribution in [3.8, 4) is 0 Å². The van der Waals surface area contributed by atoms with E-state index < -0.39 is 17.5 Å². The molecule has 7 heteroatoms. The molecule has 0 aliphatic heterocycles. The van der Waals surface area contributed by atoms with Crippen LogP contribution in [0.2, 0.25) is 5.15 Å². The molecule has 1 fully saturated rings. The molecule has 2 rings (SSSR count). The molecular formula is C12H14ClF3N2O. The zero-order valence-corrected chi connectivity index (χ0v) is 10.8. The van der Waals surface area contributed by atoms with E-state index in [1.807, 2.05) is 0 Å². The summed E-state index contributed by atoms with van der Waals surface area (Å²) in [5.74, 6) is 0. The van der Waals surface area contributed by atoms with Crippen LogP contribution >= 0.6 is 11.6 Å². The van der Waals surface area contributed by atoms with Crippen LogP contribution in [0.3, 0.4) is 0 Å². The molecule has 0 aromatic carbocycles. The summed E-state index contributed by atoms with van der Waals surface area (Å²) in [6.07, 6.45) is -2.58. The fourth-order valence-corrected chi connectivity index (χ4v) is 2.66. The first kappa shape index (κ1) is 14.6. The molecule has 0 unspecified atom stereocenters. The highest BCUT2D eigenvalue weighted by Gasteiger charge is 2.38. The van der Waals surface area contributed by atoms with E-state index in [2.05, 4.69) is 4.98 Å². The van der Waals surface area contributed by atoms with Gasteiger partial charge in [0.05, 0.1) is 5.60 Å². The minimum Gasteiger partial charge on any atom is -0.385 e. The van der Waals surface area contributed by atoms with Gasteiger partial charge in [-0.25, -0.2) is 4.98 Å². The second-order valence-electron chi connectivity index (χ2n) is 4.90. The number of nitrogens with two attached hydrogens (primary N) is 1. The number of halogens is 4. The SMILES string of the molecule is NC1CCC(O)(c2ccc(C(F)(F)F)nc2Cl)CC1. The first-order valence-electron chi connectivity index (χ1n) is 5.94. The number of aliphatic hydroxyl groups is 1. The van der Waals surface area contributed by atoms with Crippen LogP contribution in [0.1, 0.15) is 36.9 Å². The van der Waals surface area contributed by atoms with Gasteiger partial charge in [-0.1, -0.05) is 17.7 Å². The summed E-state index contributed by atoms with van der Waals surface area (Å²) < 4.78 is 37.5. The van der Waals surface area contributed by atoms with Gasteiger partial charge in [0.15, 0.2) is 0 Å². The third kappa shape index (κ3) is 3.01. The van der Waals surface area contributed by atoms with Crippen LogP contribution in [-0.4, -0.2) is 16.1 Å². The maximum atomic E-state index is 12.5. The predicted octanol–water partition coefficient (Wildman–Crippen LogP) is 2.84. The highest BCUT2D eigenvalue weighted by molar-refractivity contribution is 6.30. The minimum atomic E-state index is -4.54. The van der Waals surface area contributed by atoms with Gasteiger partial charge >= 0.3 is 6.18 Å². The minimum absolute atomic E-state index is 0.0152. The van der Waals surface area contributed by atoms with Gasteiger partial charge in [-0.05, 0) is 31.7 Å². The summed E-state index contributed by atoms with van der Waals surface area (Å²) in [6.45, 7) is 0. The standard InChI is InChI=1S/C12H14ClF3N2O/c13-10-8(1-2-9(18-10)12(14,15)16)11(19)5-3-7(17)4-6-11/h1-2,7,19H,3-6,17H2. The molecule has 1 aliphatic rings. The van der Waals surface area contributed by atoms with Crippen LogP contribution in [0.15, 0.2) is 12.1 Å². The highest BCUT2D eigenvalue weighted by atomic mass is 35.5. The summed E-state index contributed by atoms with van der Waals surface area (Å²) in [6, 6.07) is 2.06. The Balaban J connectivity index is 2.31. The molecule has 1 aromatic rings. The summed E-state index contributed by atoms with van der Waals surface area (Å²) in [5.41, 5.74) is 3.70. The van der Waals surface area contributed by atoms with Crippen LogP contribution in [-0.2, 0) is 11.8 Å². The first-order valence-corrected chi connectivity index (χ1v) is 6.32. The van der Waals surface area contributed by atoms with Crippen molar-refractivity contribution in [2.75, 3.05) is 0 Å². The maximum Gasteiger partial charge on any atom is 0.433 e. The van der Waals surface area contributed by atoms with Crippen molar-refractivity contribution in [2.45, 2.75) is 43.5 Å². The topological polar surface area (TPSA) is 59.1 Å². The Hall–Kier alpha value is -0.850. The Morgan fingerprint density at radius 3 is 2.37 bits per heavy atom. The van der Waals surface area contributed by atoms with Crippen LogP contribution in [0.25, 0.3) is 0 Å². The molecule has 0 bridgehead atoms. The molecule has 1 heterocycles. The molecule has 1 aliphatic carbocycles. The van der Waals surface area contributed by atoms with Gasteiger partial charge in [-0.2, -0.15) is 13.2 Å². The highest BCUT2D eigenvalue weighted by Crippen LogP contribution is 2.40. The van der Waals surface area contributed by atoms with Crippen LogP contribution in [0.4, 0.5) is 13.2 Å². The van der Waals surface area contributed by atoms with Crippen molar-refractivity contribution in [1.82, 2.24) is 4.98 Å². The Bertz CT molecular complexity index is 471. The first-order chi connectivity index (χ1) is 8.72. The fraction of sp³-hybridized carbons (Fsp3) is 0.583. The van der Waals surface area contributed by atoms with E-state index in [0.29, 0.717) is 25.7 Å². The van der Waals surface area contributed by atoms with Crippen molar-refractivity contribution in [2.24, 2.45) is 5.73 Å². The molecule has 1 aromatic heterocycles. The van der Waals surface area contributed by atoms with Crippen molar-refractivity contribution >= 4 is 11.6 Å². The second kappa shape index (κ2) is 4.92. The number of alkyl halides is 3. The Morgan fingerprint density at radius 2 is 1.89 bits per heavy atom. The van der Waals surface area contributed by atoms with Crippen LogP contribution < -0.4 is 5.73 Å². The Labute approximate surface area is 113 Å². The number of rotatable bonds is 1. The van der Waals surface area contributed by atoms with Crippen LogP contribution in [0, 0.1) is 0 Å². The van der Waals surface area contributed by atoms with Crippen molar-refractivity contribution < 1.29 is 18.3 Å². The van der Waals surface area contributed by atoms with Gasteiger partial charge in [0.2, 0.25) is 0 Å². The van der Waals surface area contributed by atoms with E-state index in [1.54, 1.807) is 0 Å². The van der Waals surface area contributed by atoms with Gasteiger partial charge in [0.1, 0.15) is 10.8 Å². The smallest absolute Gasteiger partial charge is 0.385 e. The predicted molar refractivity (Wildman–Crippen MR) is 64.6 cm³/mol. The Morgan fingerprint density at radius 1 is 1.32 bits per heavy atom. The zero-order chi connectivity index (χ0) is 14.3. The molecular weight excluding hydrogens is 281 g/mol. The Kier molecular flexibility index (Phi) is 3.77. The number of aromatic nitrogens is 1. The number of pyridine rings is 1. The van der Waals surface area contributed by atoms with Gasteiger partial charge in [0.25, 0.3) is 0 Å². The van der Waals surface area contributed by atoms with E-state index in [1.165, 1.54) is 6.07 Å². The molecule has 0 saturated heterocycles. The molecule has 1 saturated carbocycles. The number of hydrogen-bond acceptors (Lipinski definition) is 3. The van der Waals surface area contributed by atoms with Gasteiger partial charge in [-0.3, -0.25) is 0 Å². The molecule has 106 valence electrons. The monoisotopic (exact) mass is 294 g/mol. The summed E-state index contributed by atoms with van der Waals surface area (Å²) >= 11 is 5.79. The molecule has 3 N–H and O–H groups in total. The molecule has 19 heavy (non-hydrogen) atoms. The third-order valence-corrected chi connectivity index (χ3v) is 3.79. The quantitative estimate of drug-likeness (QED) is 0.783. The van der Waals surface area contributed by atoms with Crippen molar-refractivity contribution in [1.29, 1.82) is 0 Å². The average Bonchev–Trinajstić information content (AvgIpc) is 2.32. The third-order valence-electron chi connectivity index (χ3n) is 3.50. The summed E-state index contributed by atoms with van der Waals surface area (Å²) in [4.78, 5) is 3.33. The maximum absolute atomic E-state index is 12.5. The van der Waals surface area contributed by atoms with E-state index >= 15 is 0 Å². The zero-order valence-electron chi connectivity index (χ0n) is 10.0. The molecule has 0 radical (unpaired) electrons. The summed E-state index contributed by atoms with van der Waals surface area (Å²) in [7, 11) is 0. The molecule has 3 nitrogen and oxygen atoms in total. The lowest BCUT2D eigenvalue weighted by Gasteiger charge is -2.35. The van der Waals surface area contributed by atoms with Gasteiger partial charge in [0, 0.05) is 11.6 Å². The molecule has 0 atom stereocenters. The van der Waals surface area contributed by atoms with Gasteiger partial charge in [-0.15, -0.1) is 0 Å². The lowest BCUT2D eigenvalue weighted by atomic mass is 9.78. The van der Waals surface area contributed by atoms with E-state index in [-0.39, 0.29) is 16.8 Å². The molecule has 0 amide bonds. The fourth-order valence-electron chi connectivity index (χ4n) is 2.33. The lowest BCUT2D eigenvalue weighted by molar-refractivity contribution is -0.141. The number of hydrogen-bond donors (Lipinski definition) is 2. The number of nitrogens with zero attached hydrogens (tertiary/aromatic N) is 1. The largest absolute Gasteiger partial charge is 0.433 e. The normalized spacial score (nSPS) is 28.4. The second-order valence-corrected chi connectivity index (χ2v) is 5.26. The lowest BCUT2D eigenvalue weighted by Crippen LogP contribution is -2.37. The van der Waals surface area contributed by atoms with Crippen molar-refractivity contribution in [3.05, 3.63) is 28.5 Å².